The zero-order valence-corrected chi connectivity index (χ0v) is 15.5. The number of hydrogen-bond donors (Lipinski definition) is 2. The molecule has 0 bridgehead atoms. The number of aryl methyl sites for hydroxylation is 1. The predicted octanol–water partition coefficient (Wildman–Crippen LogP) is 1.09. The molecule has 10 heteroatoms. The molecule has 1 fully saturated rings. The Morgan fingerprint density at radius 2 is 1.81 bits per heavy atom. The lowest BCUT2D eigenvalue weighted by atomic mass is 9.87. The summed E-state index contributed by atoms with van der Waals surface area (Å²) in [5.41, 5.74) is 13.3. The van der Waals surface area contributed by atoms with E-state index in [2.05, 4.69) is 20.5 Å². The lowest BCUT2D eigenvalue weighted by Crippen LogP contribution is -2.58. The molecular formula is C17H23N9O. The number of aromatic nitrogens is 4. The number of tetrazole rings is 1. The minimum absolute atomic E-state index is 0.227. The van der Waals surface area contributed by atoms with Gasteiger partial charge in [0.1, 0.15) is 11.4 Å². The third-order valence-electron chi connectivity index (χ3n) is 5.09. The van der Waals surface area contributed by atoms with Gasteiger partial charge in [-0.05, 0) is 49.1 Å². The van der Waals surface area contributed by atoms with Gasteiger partial charge < -0.3 is 16.2 Å². The number of nitrogens with zero attached hydrogens (tertiary/aromatic N) is 7. The maximum atomic E-state index is 6.32. The lowest BCUT2D eigenvalue weighted by molar-refractivity contribution is 0.305. The molecule has 2 heterocycles. The van der Waals surface area contributed by atoms with Crippen molar-refractivity contribution < 1.29 is 4.74 Å². The first-order valence-electron chi connectivity index (χ1n) is 8.96. The Balaban J connectivity index is 1.86. The number of rotatable bonds is 3. The molecule has 0 atom stereocenters. The van der Waals surface area contributed by atoms with Crippen molar-refractivity contribution in [2.75, 3.05) is 12.0 Å². The van der Waals surface area contributed by atoms with Crippen LogP contribution in [0.15, 0.2) is 28.2 Å². The molecule has 1 aromatic carbocycles. The summed E-state index contributed by atoms with van der Waals surface area (Å²) in [4.78, 5) is 10.9. The van der Waals surface area contributed by atoms with Gasteiger partial charge >= 0.3 is 0 Å². The fraction of sp³-hybridized carbons (Fsp3) is 0.471. The number of anilines is 1. The van der Waals surface area contributed by atoms with Gasteiger partial charge in [-0.3, -0.25) is 4.90 Å². The first-order chi connectivity index (χ1) is 13.0. The third kappa shape index (κ3) is 2.96. The molecule has 4 N–H and O–H groups in total. The second-order valence-electron chi connectivity index (χ2n) is 6.85. The Morgan fingerprint density at radius 3 is 2.48 bits per heavy atom. The van der Waals surface area contributed by atoms with Gasteiger partial charge in [0.25, 0.3) is 0 Å². The Kier molecular flexibility index (Phi) is 4.17. The summed E-state index contributed by atoms with van der Waals surface area (Å²) in [5, 5.41) is 11.7. The molecule has 1 spiro atoms. The van der Waals surface area contributed by atoms with Crippen molar-refractivity contribution >= 4 is 17.6 Å². The number of guanidine groups is 2. The predicted molar refractivity (Wildman–Crippen MR) is 102 cm³/mol. The first-order valence-corrected chi connectivity index (χ1v) is 8.96. The van der Waals surface area contributed by atoms with Gasteiger partial charge in [0.05, 0.1) is 18.5 Å². The van der Waals surface area contributed by atoms with E-state index in [1.54, 1.807) is 11.8 Å². The fourth-order valence-electron chi connectivity index (χ4n) is 3.90. The molecule has 0 radical (unpaired) electrons. The van der Waals surface area contributed by atoms with Crippen LogP contribution in [-0.2, 0) is 0 Å². The standard InChI is InChI=1S/C17H23N9O/c1-11-22-23-24-26(11)13-8-12(9-14(10-13)27-2)25-16(19)20-15(18)21-17(25)6-4-3-5-7-17/h8-10H,3-7H2,1-2H3,(H4,18,19,20,21). The summed E-state index contributed by atoms with van der Waals surface area (Å²) in [7, 11) is 1.62. The molecule has 4 rings (SSSR count). The van der Waals surface area contributed by atoms with Crippen molar-refractivity contribution in [3.05, 3.63) is 24.0 Å². The molecule has 0 amide bonds. The van der Waals surface area contributed by atoms with Crippen LogP contribution in [0.4, 0.5) is 5.69 Å². The van der Waals surface area contributed by atoms with Gasteiger partial charge in [0.15, 0.2) is 5.82 Å². The second-order valence-corrected chi connectivity index (χ2v) is 6.85. The maximum Gasteiger partial charge on any atom is 0.220 e. The molecule has 1 saturated carbocycles. The maximum absolute atomic E-state index is 6.32. The van der Waals surface area contributed by atoms with E-state index in [1.807, 2.05) is 30.0 Å². The Morgan fingerprint density at radius 1 is 1.07 bits per heavy atom. The van der Waals surface area contributed by atoms with Crippen LogP contribution in [0, 0.1) is 6.92 Å². The zero-order valence-electron chi connectivity index (χ0n) is 15.5. The van der Waals surface area contributed by atoms with Crippen LogP contribution in [0.3, 0.4) is 0 Å². The number of hydrogen-bond acceptors (Lipinski definition) is 9. The Bertz CT molecular complexity index is 911. The molecule has 1 aliphatic heterocycles. The van der Waals surface area contributed by atoms with Gasteiger partial charge in [-0.2, -0.15) is 9.67 Å². The van der Waals surface area contributed by atoms with E-state index in [0.29, 0.717) is 17.5 Å². The van der Waals surface area contributed by atoms with Crippen LogP contribution >= 0.6 is 0 Å². The number of ether oxygens (including phenoxy) is 1. The molecule has 2 aliphatic rings. The van der Waals surface area contributed by atoms with E-state index in [4.69, 9.17) is 21.2 Å². The number of aliphatic imine (C=N–C) groups is 2. The minimum Gasteiger partial charge on any atom is -0.497 e. The summed E-state index contributed by atoms with van der Waals surface area (Å²) in [6.07, 6.45) is 5.02. The van der Waals surface area contributed by atoms with E-state index in [9.17, 15) is 0 Å². The highest BCUT2D eigenvalue weighted by molar-refractivity contribution is 6.05. The SMILES string of the molecule is COc1cc(N2C(N)=NC(N)=NC23CCCCC3)cc(-n2nnnc2C)c1. The van der Waals surface area contributed by atoms with Crippen LogP contribution in [0.5, 0.6) is 5.75 Å². The minimum atomic E-state index is -0.520. The molecule has 1 aliphatic carbocycles. The molecule has 2 aromatic rings. The Labute approximate surface area is 156 Å². The molecule has 27 heavy (non-hydrogen) atoms. The number of nitrogens with two attached hydrogens (primary N) is 2. The van der Waals surface area contributed by atoms with E-state index >= 15 is 0 Å². The summed E-state index contributed by atoms with van der Waals surface area (Å²) in [6.45, 7) is 1.84. The lowest BCUT2D eigenvalue weighted by Gasteiger charge is -2.45. The van der Waals surface area contributed by atoms with Crippen LogP contribution in [0.25, 0.3) is 5.69 Å². The summed E-state index contributed by atoms with van der Waals surface area (Å²) in [6, 6.07) is 5.75. The van der Waals surface area contributed by atoms with E-state index in [1.165, 1.54) is 6.42 Å². The number of methoxy groups -OCH3 is 1. The largest absolute Gasteiger partial charge is 0.497 e. The second kappa shape index (κ2) is 6.53. The van der Waals surface area contributed by atoms with Gasteiger partial charge in [0.2, 0.25) is 11.9 Å². The van der Waals surface area contributed by atoms with Crippen molar-refractivity contribution in [3.63, 3.8) is 0 Å². The smallest absolute Gasteiger partial charge is 0.220 e. The topological polar surface area (TPSA) is 133 Å². The summed E-state index contributed by atoms with van der Waals surface area (Å²) < 4.78 is 7.15. The highest BCUT2D eigenvalue weighted by Gasteiger charge is 2.42. The highest BCUT2D eigenvalue weighted by atomic mass is 16.5. The van der Waals surface area contributed by atoms with E-state index < -0.39 is 5.66 Å². The normalized spacial score (nSPS) is 19.0. The van der Waals surface area contributed by atoms with Gasteiger partial charge in [-0.1, -0.05) is 6.42 Å². The quantitative estimate of drug-likeness (QED) is 0.827. The first kappa shape index (κ1) is 17.3. The van der Waals surface area contributed by atoms with Gasteiger partial charge in [-0.15, -0.1) is 5.10 Å². The van der Waals surface area contributed by atoms with Crippen LogP contribution in [-0.4, -0.2) is 44.9 Å². The van der Waals surface area contributed by atoms with Crippen LogP contribution in [0.2, 0.25) is 0 Å². The van der Waals surface area contributed by atoms with Gasteiger partial charge in [-0.25, -0.2) is 4.99 Å². The number of benzene rings is 1. The monoisotopic (exact) mass is 369 g/mol. The molecule has 0 unspecified atom stereocenters. The summed E-state index contributed by atoms with van der Waals surface area (Å²) >= 11 is 0. The van der Waals surface area contributed by atoms with Crippen molar-refractivity contribution in [3.8, 4) is 11.4 Å². The Hall–Kier alpha value is -3.17. The van der Waals surface area contributed by atoms with Crippen LogP contribution < -0.4 is 21.1 Å². The average Bonchev–Trinajstić information content (AvgIpc) is 3.07. The molecule has 10 nitrogen and oxygen atoms in total. The van der Waals surface area contributed by atoms with Crippen molar-refractivity contribution in [2.45, 2.75) is 44.7 Å². The van der Waals surface area contributed by atoms with Crippen molar-refractivity contribution in [1.29, 1.82) is 0 Å². The molecular weight excluding hydrogens is 346 g/mol. The highest BCUT2D eigenvalue weighted by Crippen LogP contribution is 2.40. The molecule has 142 valence electrons. The van der Waals surface area contributed by atoms with E-state index in [0.717, 1.165) is 37.1 Å². The molecule has 1 aromatic heterocycles. The average molecular weight is 369 g/mol. The van der Waals surface area contributed by atoms with Crippen molar-refractivity contribution in [1.82, 2.24) is 20.2 Å². The molecule has 0 saturated heterocycles. The fourth-order valence-corrected chi connectivity index (χ4v) is 3.90. The third-order valence-corrected chi connectivity index (χ3v) is 5.09. The summed E-state index contributed by atoms with van der Waals surface area (Å²) in [5.74, 6) is 1.89. The van der Waals surface area contributed by atoms with Gasteiger partial charge in [0, 0.05) is 12.1 Å². The zero-order chi connectivity index (χ0) is 19.0. The van der Waals surface area contributed by atoms with Crippen molar-refractivity contribution in [2.24, 2.45) is 21.5 Å². The van der Waals surface area contributed by atoms with Crippen LogP contribution in [0.1, 0.15) is 37.9 Å². The van der Waals surface area contributed by atoms with E-state index in [-0.39, 0.29) is 5.96 Å².